The molecule has 1 aromatic rings. The van der Waals surface area contributed by atoms with E-state index >= 15 is 0 Å². The number of halogens is 1. The summed E-state index contributed by atoms with van der Waals surface area (Å²) < 4.78 is 28.8. The quantitative estimate of drug-likeness (QED) is 0.389. The maximum Gasteiger partial charge on any atom is 0.184 e. The number of rotatable bonds is 2. The van der Waals surface area contributed by atoms with Gasteiger partial charge in [-0.25, -0.2) is 8.42 Å². The summed E-state index contributed by atoms with van der Waals surface area (Å²) in [5.41, 5.74) is 1.09. The molecule has 6 aliphatic rings. The minimum atomic E-state index is -3.33. The average molecular weight is 527 g/mol. The SMILES string of the molecule is [B]C1CCC23C(CCC24C2CCC5(S(=O)(=O)c6ccc(Br)cc6)CCCC5C2CCC34)C1C. The Hall–Kier alpha value is -0.285. The van der Waals surface area contributed by atoms with Crippen molar-refractivity contribution in [2.24, 2.45) is 46.3 Å². The lowest BCUT2D eigenvalue weighted by Gasteiger charge is -2.52. The Morgan fingerprint density at radius 2 is 1.55 bits per heavy atom. The van der Waals surface area contributed by atoms with E-state index in [0.717, 1.165) is 54.3 Å². The summed E-state index contributed by atoms with van der Waals surface area (Å²) in [7, 11) is 3.23. The van der Waals surface area contributed by atoms with Gasteiger partial charge in [0.2, 0.25) is 0 Å². The smallest absolute Gasteiger partial charge is 0.184 e. The summed E-state index contributed by atoms with van der Waals surface area (Å²) in [4.78, 5) is 0.543. The molecule has 0 saturated heterocycles. The number of hydrogen-bond donors (Lipinski definition) is 0. The van der Waals surface area contributed by atoms with E-state index in [1.54, 1.807) is 0 Å². The molecule has 0 N–H and O–H groups in total. The van der Waals surface area contributed by atoms with Gasteiger partial charge in [0.1, 0.15) is 0 Å². The fourth-order valence-electron chi connectivity index (χ4n) is 11.6. The summed E-state index contributed by atoms with van der Waals surface area (Å²) in [5, 5.41) is 0. The highest BCUT2D eigenvalue weighted by molar-refractivity contribution is 9.10. The van der Waals surface area contributed by atoms with Crippen LogP contribution in [0.4, 0.5) is 0 Å². The molecule has 2 spiro atoms. The topological polar surface area (TPSA) is 34.1 Å². The zero-order valence-electron chi connectivity index (χ0n) is 19.8. The van der Waals surface area contributed by atoms with Crippen molar-refractivity contribution in [2.45, 2.75) is 93.0 Å². The van der Waals surface area contributed by atoms with E-state index in [-0.39, 0.29) is 0 Å². The molecule has 0 heterocycles. The van der Waals surface area contributed by atoms with Crippen molar-refractivity contribution in [1.82, 2.24) is 0 Å². The van der Waals surface area contributed by atoms with Crippen LogP contribution in [0.3, 0.4) is 0 Å². The monoisotopic (exact) mass is 526 g/mol. The van der Waals surface area contributed by atoms with E-state index in [9.17, 15) is 8.42 Å². The van der Waals surface area contributed by atoms with Crippen LogP contribution in [0.2, 0.25) is 5.82 Å². The lowest BCUT2D eigenvalue weighted by atomic mass is 9.56. The number of sulfone groups is 1. The second-order valence-corrected chi connectivity index (χ2v) is 16.0. The summed E-state index contributed by atoms with van der Waals surface area (Å²) in [5.74, 6) is 4.53. The van der Waals surface area contributed by atoms with Gasteiger partial charge in [-0.2, -0.15) is 0 Å². The van der Waals surface area contributed by atoms with Gasteiger partial charge in [-0.3, -0.25) is 0 Å². The van der Waals surface area contributed by atoms with E-state index in [2.05, 4.69) is 22.9 Å². The summed E-state index contributed by atoms with van der Waals surface area (Å²) in [6, 6.07) is 7.44. The molecule has 176 valence electrons. The number of fused-ring (bicyclic) bond motifs is 3. The van der Waals surface area contributed by atoms with Crippen molar-refractivity contribution in [1.29, 1.82) is 0 Å². The van der Waals surface area contributed by atoms with E-state index in [1.807, 2.05) is 24.3 Å². The van der Waals surface area contributed by atoms with E-state index < -0.39 is 14.6 Å². The third-order valence-corrected chi connectivity index (χ3v) is 15.8. The molecule has 6 aliphatic carbocycles. The highest BCUT2D eigenvalue weighted by atomic mass is 79.9. The van der Waals surface area contributed by atoms with Crippen LogP contribution in [0.5, 0.6) is 0 Å². The fourth-order valence-corrected chi connectivity index (χ4v) is 14.3. The molecule has 33 heavy (non-hydrogen) atoms. The van der Waals surface area contributed by atoms with Crippen LogP contribution in [0.25, 0.3) is 0 Å². The van der Waals surface area contributed by atoms with Crippen LogP contribution in [0.15, 0.2) is 33.6 Å². The molecule has 0 amide bonds. The van der Waals surface area contributed by atoms with Gasteiger partial charge in [0.25, 0.3) is 0 Å². The third-order valence-electron chi connectivity index (χ3n) is 12.6. The maximum absolute atomic E-state index is 14.2. The molecule has 10 unspecified atom stereocenters. The maximum atomic E-state index is 14.2. The molecule has 2 nitrogen and oxygen atoms in total. The van der Waals surface area contributed by atoms with Crippen LogP contribution in [-0.2, 0) is 9.84 Å². The zero-order valence-corrected chi connectivity index (χ0v) is 22.2. The standard InChI is InChI=1S/C28H36BBrO2S/c1-17-21-11-15-28-23-10-14-26(33(31,32)19-6-4-18(30)5-7-19)13-2-3-22(26)20(23)8-9-25(28)27(21,28)16-12-24(17)29/h4-7,17,20-25H,2-3,8-16H2,1H3. The van der Waals surface area contributed by atoms with Crippen molar-refractivity contribution < 1.29 is 8.42 Å². The molecule has 0 aliphatic heterocycles. The van der Waals surface area contributed by atoms with Crippen LogP contribution >= 0.6 is 15.9 Å². The van der Waals surface area contributed by atoms with Gasteiger partial charge in [0.15, 0.2) is 9.84 Å². The van der Waals surface area contributed by atoms with Crippen molar-refractivity contribution in [3.05, 3.63) is 28.7 Å². The lowest BCUT2D eigenvalue weighted by Crippen LogP contribution is -2.53. The zero-order chi connectivity index (χ0) is 22.8. The molecule has 0 bridgehead atoms. The van der Waals surface area contributed by atoms with Crippen molar-refractivity contribution >= 4 is 33.6 Å². The van der Waals surface area contributed by atoms with Crippen LogP contribution < -0.4 is 0 Å². The van der Waals surface area contributed by atoms with Gasteiger partial charge in [0, 0.05) is 4.47 Å². The first-order valence-corrected chi connectivity index (χ1v) is 15.8. The molecule has 6 fully saturated rings. The molecule has 7 rings (SSSR count). The molecule has 10 atom stereocenters. The second-order valence-electron chi connectivity index (χ2n) is 12.7. The normalized spacial score (nSPS) is 52.2. The first kappa shape index (κ1) is 22.0. The largest absolute Gasteiger partial charge is 0.223 e. The average Bonchev–Trinajstić information content (AvgIpc) is 3.10. The number of hydrogen-bond acceptors (Lipinski definition) is 2. The fraction of sp³-hybridized carbons (Fsp3) is 0.786. The van der Waals surface area contributed by atoms with Gasteiger partial charge >= 0.3 is 0 Å². The minimum absolute atomic E-state index is 0.361. The van der Waals surface area contributed by atoms with Crippen molar-refractivity contribution in [3.8, 4) is 0 Å². The predicted molar refractivity (Wildman–Crippen MR) is 136 cm³/mol. The second kappa shape index (κ2) is 6.93. The molecule has 6 saturated carbocycles. The van der Waals surface area contributed by atoms with Crippen LogP contribution in [0, 0.1) is 46.3 Å². The molecular formula is C28H36BBrO2S. The van der Waals surface area contributed by atoms with E-state index in [4.69, 9.17) is 7.85 Å². The summed E-state index contributed by atoms with van der Waals surface area (Å²) in [6.07, 6.45) is 13.1. The molecular weight excluding hydrogens is 491 g/mol. The summed E-state index contributed by atoms with van der Waals surface area (Å²) in [6.45, 7) is 2.44. The summed E-state index contributed by atoms with van der Waals surface area (Å²) >= 11 is 3.48. The molecule has 5 heteroatoms. The Kier molecular flexibility index (Phi) is 4.61. The van der Waals surface area contributed by atoms with Crippen molar-refractivity contribution in [3.63, 3.8) is 0 Å². The predicted octanol–water partition coefficient (Wildman–Crippen LogP) is 6.98. The Balaban J connectivity index is 1.25. The van der Waals surface area contributed by atoms with Gasteiger partial charge < -0.3 is 0 Å². The van der Waals surface area contributed by atoms with Crippen LogP contribution in [0.1, 0.15) is 77.6 Å². The van der Waals surface area contributed by atoms with E-state index in [1.165, 1.54) is 38.5 Å². The van der Waals surface area contributed by atoms with E-state index in [0.29, 0.717) is 39.3 Å². The lowest BCUT2D eigenvalue weighted by molar-refractivity contribution is 0.0207. The highest BCUT2D eigenvalue weighted by Crippen LogP contribution is 2.91. The van der Waals surface area contributed by atoms with Gasteiger partial charge in [-0.15, -0.1) is 0 Å². The van der Waals surface area contributed by atoms with Crippen molar-refractivity contribution in [2.75, 3.05) is 0 Å². The number of benzene rings is 1. The first-order valence-electron chi connectivity index (χ1n) is 13.6. The Morgan fingerprint density at radius 1 is 0.848 bits per heavy atom. The molecule has 0 aromatic heterocycles. The Labute approximate surface area is 209 Å². The first-order chi connectivity index (χ1) is 15.8. The van der Waals surface area contributed by atoms with Gasteiger partial charge in [0.05, 0.1) is 17.5 Å². The molecule has 1 aromatic carbocycles. The third kappa shape index (κ3) is 2.41. The van der Waals surface area contributed by atoms with Gasteiger partial charge in [-0.1, -0.05) is 41.5 Å². The Bertz CT molecular complexity index is 1090. The minimum Gasteiger partial charge on any atom is -0.223 e. The molecule has 2 radical (unpaired) electrons. The van der Waals surface area contributed by atoms with Gasteiger partial charge in [-0.05, 0) is 128 Å². The highest BCUT2D eigenvalue weighted by Gasteiger charge is 2.85. The van der Waals surface area contributed by atoms with Crippen LogP contribution in [-0.4, -0.2) is 21.0 Å². The Morgan fingerprint density at radius 3 is 2.33 bits per heavy atom.